The van der Waals surface area contributed by atoms with E-state index in [0.717, 1.165) is 11.3 Å². The minimum Gasteiger partial charge on any atom is -0.366 e. The van der Waals surface area contributed by atoms with Crippen molar-refractivity contribution in [3.05, 3.63) is 89.2 Å². The van der Waals surface area contributed by atoms with Crippen molar-refractivity contribution in [2.24, 2.45) is 5.73 Å². The molecule has 228 valence electrons. The van der Waals surface area contributed by atoms with E-state index in [4.69, 9.17) is 15.8 Å². The van der Waals surface area contributed by atoms with Crippen LogP contribution >= 0.6 is 0 Å². The molecule has 44 heavy (non-hydrogen) atoms. The second kappa shape index (κ2) is 10.7. The highest BCUT2D eigenvalue weighted by molar-refractivity contribution is 6.06. The second-order valence-electron chi connectivity index (χ2n) is 12.2. The van der Waals surface area contributed by atoms with Crippen LogP contribution in [0.25, 0.3) is 22.4 Å². The maximum atomic E-state index is 15.0. The van der Waals surface area contributed by atoms with Crippen LogP contribution in [0.1, 0.15) is 52.9 Å². The molecule has 1 saturated heterocycles. The number of anilines is 1. The van der Waals surface area contributed by atoms with E-state index < -0.39 is 35.9 Å². The smallest absolute Gasteiger partial charge is 0.281 e. The van der Waals surface area contributed by atoms with Gasteiger partial charge in [-0.3, -0.25) is 19.1 Å². The Morgan fingerprint density at radius 2 is 1.80 bits per heavy atom. The highest BCUT2D eigenvalue weighted by Crippen LogP contribution is 2.33. The van der Waals surface area contributed by atoms with Gasteiger partial charge in [0.25, 0.3) is 17.8 Å². The lowest BCUT2D eigenvalue weighted by atomic mass is 10.1. The lowest BCUT2D eigenvalue weighted by Crippen LogP contribution is -2.47. The molecular weight excluding hydrogens is 566 g/mol. The topological polar surface area (TPSA) is 123 Å². The number of carbonyl (C=O) groups excluding carboxylic acids is 2. The molecule has 0 saturated carbocycles. The van der Waals surface area contributed by atoms with Crippen LogP contribution in [0.4, 0.5) is 14.6 Å². The van der Waals surface area contributed by atoms with E-state index in [9.17, 15) is 9.59 Å². The molecule has 10 nitrogen and oxygen atoms in total. The Hall–Kier alpha value is -4.84. The second-order valence-corrected chi connectivity index (χ2v) is 12.2. The number of carbonyl (C=O) groups is 2. The number of benzene rings is 2. The van der Waals surface area contributed by atoms with E-state index in [-0.39, 0.29) is 18.2 Å². The first-order valence-corrected chi connectivity index (χ1v) is 14.4. The molecular formula is C32H34F2N8O2. The van der Waals surface area contributed by atoms with E-state index in [1.54, 1.807) is 33.7 Å². The summed E-state index contributed by atoms with van der Waals surface area (Å²) >= 11 is 0. The van der Waals surface area contributed by atoms with Gasteiger partial charge >= 0.3 is 0 Å². The molecule has 1 aliphatic heterocycles. The van der Waals surface area contributed by atoms with E-state index >= 15 is 8.78 Å². The number of aryl methyl sites for hydroxylation is 1. The van der Waals surface area contributed by atoms with E-state index in [2.05, 4.69) is 10.6 Å². The molecule has 0 spiro atoms. The van der Waals surface area contributed by atoms with Crippen molar-refractivity contribution < 1.29 is 18.4 Å². The average molecular weight is 601 g/mol. The van der Waals surface area contributed by atoms with Crippen LogP contribution in [0, 0.1) is 6.92 Å². The number of amides is 2. The molecule has 1 aliphatic rings. The van der Waals surface area contributed by atoms with Crippen LogP contribution in [0.2, 0.25) is 0 Å². The molecule has 6 rings (SSSR count). The van der Waals surface area contributed by atoms with E-state index in [0.29, 0.717) is 34.3 Å². The van der Waals surface area contributed by atoms with Gasteiger partial charge in [-0.05, 0) is 63.6 Å². The molecule has 1 atom stereocenters. The fraction of sp³-hybridized carbons (Fsp3) is 0.312. The standard InChI is InChI=1S/C32H34F2N8O2/c1-19-15-22-21(27(35)43)11-8-12-23(22)41(19)30-38-28(36-16-20-9-6-5-7-10-20)24-13-14-25(42(24)39-30)29(44)37-26-17-40(31(2,3)4)18-32(26,33)34/h5-15,26H,16-18H2,1-4H3,(H2,35,43)(H,37,44)(H,36,38,39). The SMILES string of the molecule is Cc1cc2c(C(N)=O)cccc2n1-c1nc(NCc2ccccc2)c2ccc(C(=O)NC3CN(C(C)(C)C)CC3(F)F)n2n1. The predicted octanol–water partition coefficient (Wildman–Crippen LogP) is 4.54. The maximum Gasteiger partial charge on any atom is 0.281 e. The van der Waals surface area contributed by atoms with E-state index in [1.165, 1.54) is 4.52 Å². The average Bonchev–Trinajstić information content (AvgIpc) is 3.64. The summed E-state index contributed by atoms with van der Waals surface area (Å²) in [5, 5.41) is 11.3. The van der Waals surface area contributed by atoms with Crippen LogP contribution in [-0.4, -0.2) is 66.5 Å². The summed E-state index contributed by atoms with van der Waals surface area (Å²) in [5.41, 5.74) is 8.49. The van der Waals surface area contributed by atoms with Gasteiger partial charge in [0, 0.05) is 35.3 Å². The van der Waals surface area contributed by atoms with Crippen molar-refractivity contribution in [3.8, 4) is 5.95 Å². The molecule has 3 aromatic heterocycles. The van der Waals surface area contributed by atoms with Gasteiger partial charge in [-0.25, -0.2) is 13.3 Å². The zero-order valence-corrected chi connectivity index (χ0v) is 24.9. The molecule has 1 fully saturated rings. The largest absolute Gasteiger partial charge is 0.366 e. The molecule has 0 aliphatic carbocycles. The summed E-state index contributed by atoms with van der Waals surface area (Å²) < 4.78 is 33.2. The van der Waals surface area contributed by atoms with Crippen molar-refractivity contribution in [2.45, 2.75) is 51.7 Å². The molecule has 2 amide bonds. The summed E-state index contributed by atoms with van der Waals surface area (Å²) in [5.74, 6) is -3.67. The number of alkyl halides is 2. The Morgan fingerprint density at radius 1 is 1.05 bits per heavy atom. The summed E-state index contributed by atoms with van der Waals surface area (Å²) in [6.45, 7) is 7.48. The molecule has 0 radical (unpaired) electrons. The fourth-order valence-corrected chi connectivity index (χ4v) is 5.68. The monoisotopic (exact) mass is 600 g/mol. The molecule has 1 unspecified atom stereocenters. The van der Waals surface area contributed by atoms with Gasteiger partial charge in [0.15, 0.2) is 5.82 Å². The minimum atomic E-state index is -3.10. The normalized spacial score (nSPS) is 16.9. The van der Waals surface area contributed by atoms with Crippen molar-refractivity contribution in [2.75, 3.05) is 18.4 Å². The third-order valence-electron chi connectivity index (χ3n) is 8.10. The summed E-state index contributed by atoms with van der Waals surface area (Å²) in [7, 11) is 0. The van der Waals surface area contributed by atoms with Gasteiger partial charge in [-0.2, -0.15) is 4.98 Å². The Balaban J connectivity index is 1.44. The number of aromatic nitrogens is 4. The van der Waals surface area contributed by atoms with Crippen LogP contribution in [0.5, 0.6) is 0 Å². The number of hydrogen-bond acceptors (Lipinski definition) is 6. The summed E-state index contributed by atoms with van der Waals surface area (Å²) in [6.07, 6.45) is 0. The quantitative estimate of drug-likeness (QED) is 0.252. The Kier molecular flexibility index (Phi) is 7.11. The van der Waals surface area contributed by atoms with Gasteiger partial charge in [0.2, 0.25) is 5.91 Å². The fourth-order valence-electron chi connectivity index (χ4n) is 5.68. The molecule has 12 heteroatoms. The zero-order valence-electron chi connectivity index (χ0n) is 24.9. The van der Waals surface area contributed by atoms with Crippen LogP contribution in [0.15, 0.2) is 66.7 Å². The van der Waals surface area contributed by atoms with Crippen molar-refractivity contribution in [3.63, 3.8) is 0 Å². The van der Waals surface area contributed by atoms with Crippen LogP contribution in [-0.2, 0) is 6.54 Å². The molecule has 5 aromatic rings. The Bertz CT molecular complexity index is 1890. The third kappa shape index (κ3) is 5.25. The first-order chi connectivity index (χ1) is 20.8. The predicted molar refractivity (Wildman–Crippen MR) is 164 cm³/mol. The van der Waals surface area contributed by atoms with Gasteiger partial charge in [-0.15, -0.1) is 5.10 Å². The van der Waals surface area contributed by atoms with E-state index in [1.807, 2.05) is 70.2 Å². The van der Waals surface area contributed by atoms with Gasteiger partial charge in [-0.1, -0.05) is 36.4 Å². The van der Waals surface area contributed by atoms with Gasteiger partial charge < -0.3 is 16.4 Å². The van der Waals surface area contributed by atoms with Crippen LogP contribution in [0.3, 0.4) is 0 Å². The number of hydrogen-bond donors (Lipinski definition) is 3. The number of halogens is 2. The summed E-state index contributed by atoms with van der Waals surface area (Å²) in [4.78, 5) is 32.2. The van der Waals surface area contributed by atoms with Crippen molar-refractivity contribution in [1.82, 2.24) is 29.4 Å². The first-order valence-electron chi connectivity index (χ1n) is 14.4. The number of nitrogens with zero attached hydrogens (tertiary/aromatic N) is 5. The Morgan fingerprint density at radius 3 is 2.48 bits per heavy atom. The molecule has 4 N–H and O–H groups in total. The molecule has 4 heterocycles. The number of primary amides is 1. The molecule has 2 aromatic carbocycles. The van der Waals surface area contributed by atoms with Gasteiger partial charge in [0.1, 0.15) is 17.3 Å². The number of nitrogens with one attached hydrogen (secondary N) is 2. The number of likely N-dealkylation sites (tertiary alicyclic amines) is 1. The number of fused-ring (bicyclic) bond motifs is 2. The number of rotatable bonds is 7. The Labute approximate surface area is 252 Å². The minimum absolute atomic E-state index is 0.0202. The highest BCUT2D eigenvalue weighted by Gasteiger charge is 2.51. The first kappa shape index (κ1) is 29.2. The number of nitrogens with two attached hydrogens (primary N) is 1. The summed E-state index contributed by atoms with van der Waals surface area (Å²) in [6, 6.07) is 18.6. The van der Waals surface area contributed by atoms with Crippen molar-refractivity contribution in [1.29, 1.82) is 0 Å². The third-order valence-corrected chi connectivity index (χ3v) is 8.10. The molecule has 0 bridgehead atoms. The lowest BCUT2D eigenvalue weighted by molar-refractivity contribution is -0.0160. The lowest BCUT2D eigenvalue weighted by Gasteiger charge is -2.31. The zero-order chi connectivity index (χ0) is 31.4. The van der Waals surface area contributed by atoms with Gasteiger partial charge in [0.05, 0.1) is 12.1 Å². The maximum absolute atomic E-state index is 15.0. The van der Waals surface area contributed by atoms with Crippen LogP contribution < -0.4 is 16.4 Å². The highest BCUT2D eigenvalue weighted by atomic mass is 19.3. The van der Waals surface area contributed by atoms with Crippen molar-refractivity contribution >= 4 is 34.1 Å².